The van der Waals surface area contributed by atoms with Crippen LogP contribution in [-0.2, 0) is 16.4 Å². The Hall–Kier alpha value is -1.07. The van der Waals surface area contributed by atoms with Gasteiger partial charge in [0.1, 0.15) is 15.6 Å². The molecule has 4 nitrogen and oxygen atoms in total. The molecular weight excluding hydrogens is 238 g/mol. The maximum atomic E-state index is 11.0. The maximum absolute atomic E-state index is 11.0. The molecule has 0 amide bonds. The van der Waals surface area contributed by atoms with E-state index < -0.39 is 9.84 Å². The van der Waals surface area contributed by atoms with E-state index in [1.807, 2.05) is 25.1 Å². The minimum absolute atomic E-state index is 0.150. The number of benzene rings is 1. The molecule has 5 heteroatoms. The van der Waals surface area contributed by atoms with Crippen LogP contribution in [0.15, 0.2) is 18.2 Å². The van der Waals surface area contributed by atoms with Gasteiger partial charge in [0.25, 0.3) is 0 Å². The second-order valence-electron chi connectivity index (χ2n) is 4.10. The van der Waals surface area contributed by atoms with Crippen LogP contribution in [0.25, 0.3) is 0 Å². The third-order valence-corrected chi connectivity index (χ3v) is 3.45. The van der Waals surface area contributed by atoms with Crippen LogP contribution in [0.3, 0.4) is 0 Å². The van der Waals surface area contributed by atoms with Gasteiger partial charge in [-0.15, -0.1) is 0 Å². The minimum Gasteiger partial charge on any atom is -0.493 e. The molecule has 0 aliphatic rings. The largest absolute Gasteiger partial charge is 0.493 e. The summed E-state index contributed by atoms with van der Waals surface area (Å²) >= 11 is 0. The lowest BCUT2D eigenvalue weighted by molar-refractivity contribution is 0.312. The van der Waals surface area contributed by atoms with Gasteiger partial charge in [-0.05, 0) is 18.9 Å². The Kier molecular flexibility index (Phi) is 4.96. The predicted molar refractivity (Wildman–Crippen MR) is 68.9 cm³/mol. The molecule has 2 N–H and O–H groups in total. The molecule has 0 fully saturated rings. The number of para-hydroxylation sites is 1. The molecule has 1 rings (SSSR count). The molecule has 1 aromatic carbocycles. The van der Waals surface area contributed by atoms with Crippen LogP contribution in [0.4, 0.5) is 0 Å². The first-order valence-corrected chi connectivity index (χ1v) is 7.59. The van der Waals surface area contributed by atoms with Gasteiger partial charge in [0.2, 0.25) is 0 Å². The fraction of sp³-hybridized carbons (Fsp3) is 0.500. The van der Waals surface area contributed by atoms with E-state index in [1.165, 1.54) is 6.26 Å². The molecule has 0 aliphatic carbocycles. The highest BCUT2D eigenvalue weighted by molar-refractivity contribution is 7.90. The summed E-state index contributed by atoms with van der Waals surface area (Å²) in [5, 5.41) is 0. The Morgan fingerprint density at radius 1 is 1.35 bits per heavy atom. The van der Waals surface area contributed by atoms with Crippen molar-refractivity contribution in [1.29, 1.82) is 0 Å². The Labute approximate surface area is 103 Å². The third kappa shape index (κ3) is 4.75. The van der Waals surface area contributed by atoms with Crippen LogP contribution in [0, 0.1) is 6.92 Å². The average Bonchev–Trinajstić information content (AvgIpc) is 2.24. The number of nitrogens with two attached hydrogens (primary N) is 1. The number of aryl methyl sites for hydroxylation is 1. The lowest BCUT2D eigenvalue weighted by Crippen LogP contribution is -2.10. The fourth-order valence-corrected chi connectivity index (χ4v) is 2.22. The van der Waals surface area contributed by atoms with Crippen molar-refractivity contribution in [3.8, 4) is 5.75 Å². The predicted octanol–water partition coefficient (Wildman–Crippen LogP) is 1.27. The van der Waals surface area contributed by atoms with Crippen molar-refractivity contribution in [3.05, 3.63) is 29.3 Å². The van der Waals surface area contributed by atoms with E-state index >= 15 is 0 Å². The average molecular weight is 257 g/mol. The van der Waals surface area contributed by atoms with E-state index in [9.17, 15) is 8.42 Å². The second-order valence-corrected chi connectivity index (χ2v) is 6.36. The van der Waals surface area contributed by atoms with Gasteiger partial charge >= 0.3 is 0 Å². The zero-order valence-electron chi connectivity index (χ0n) is 10.3. The zero-order valence-corrected chi connectivity index (χ0v) is 11.1. The number of sulfone groups is 1. The van der Waals surface area contributed by atoms with Crippen molar-refractivity contribution < 1.29 is 13.2 Å². The van der Waals surface area contributed by atoms with Gasteiger partial charge in [-0.1, -0.05) is 18.2 Å². The van der Waals surface area contributed by atoms with Crippen molar-refractivity contribution in [2.75, 3.05) is 18.6 Å². The molecule has 0 unspecified atom stereocenters. The standard InChI is InChI=1S/C12H19NO3S/c1-10-5-3-6-11(9-13)12(10)16-7-4-8-17(2,14)15/h3,5-6H,4,7-9,13H2,1-2H3. The number of hydrogen-bond donors (Lipinski definition) is 1. The van der Waals surface area contributed by atoms with Crippen molar-refractivity contribution >= 4 is 9.84 Å². The molecule has 0 aromatic heterocycles. The van der Waals surface area contributed by atoms with Crippen molar-refractivity contribution in [2.24, 2.45) is 5.73 Å². The van der Waals surface area contributed by atoms with E-state index in [0.29, 0.717) is 19.6 Å². The quantitative estimate of drug-likeness (QED) is 0.779. The van der Waals surface area contributed by atoms with Crippen molar-refractivity contribution in [1.82, 2.24) is 0 Å². The molecule has 0 radical (unpaired) electrons. The maximum Gasteiger partial charge on any atom is 0.147 e. The van der Waals surface area contributed by atoms with E-state index in [1.54, 1.807) is 0 Å². The molecule has 0 spiro atoms. The lowest BCUT2D eigenvalue weighted by atomic mass is 10.1. The molecule has 0 saturated heterocycles. The van der Waals surface area contributed by atoms with Crippen LogP contribution in [-0.4, -0.2) is 27.0 Å². The van der Waals surface area contributed by atoms with E-state index in [4.69, 9.17) is 10.5 Å². The Bertz CT molecular complexity index is 469. The molecule has 0 heterocycles. The Balaban J connectivity index is 2.57. The summed E-state index contributed by atoms with van der Waals surface area (Å²) in [6.07, 6.45) is 1.73. The van der Waals surface area contributed by atoms with Gasteiger partial charge in [0.15, 0.2) is 0 Å². The topological polar surface area (TPSA) is 69.4 Å². The molecule has 0 atom stereocenters. The second kappa shape index (κ2) is 6.02. The molecular formula is C12H19NO3S. The van der Waals surface area contributed by atoms with Crippen LogP contribution in [0.1, 0.15) is 17.5 Å². The Morgan fingerprint density at radius 3 is 2.65 bits per heavy atom. The van der Waals surface area contributed by atoms with Crippen LogP contribution >= 0.6 is 0 Å². The fourth-order valence-electron chi connectivity index (χ4n) is 1.58. The van der Waals surface area contributed by atoms with Crippen molar-refractivity contribution in [2.45, 2.75) is 19.9 Å². The number of rotatable bonds is 6. The van der Waals surface area contributed by atoms with Gasteiger partial charge in [0.05, 0.1) is 12.4 Å². The van der Waals surface area contributed by atoms with Gasteiger partial charge in [-0.3, -0.25) is 0 Å². The van der Waals surface area contributed by atoms with E-state index in [-0.39, 0.29) is 5.75 Å². The summed E-state index contributed by atoms with van der Waals surface area (Å²) in [7, 11) is -2.91. The molecule has 96 valence electrons. The van der Waals surface area contributed by atoms with Gasteiger partial charge < -0.3 is 10.5 Å². The van der Waals surface area contributed by atoms with Crippen LogP contribution < -0.4 is 10.5 Å². The first kappa shape index (κ1) is 14.0. The van der Waals surface area contributed by atoms with Gasteiger partial charge in [0, 0.05) is 18.4 Å². The molecule has 17 heavy (non-hydrogen) atoms. The summed E-state index contributed by atoms with van der Waals surface area (Å²) in [4.78, 5) is 0. The monoisotopic (exact) mass is 257 g/mol. The normalized spacial score (nSPS) is 11.5. The lowest BCUT2D eigenvalue weighted by Gasteiger charge is -2.12. The molecule has 0 aliphatic heterocycles. The highest BCUT2D eigenvalue weighted by atomic mass is 32.2. The zero-order chi connectivity index (χ0) is 12.9. The van der Waals surface area contributed by atoms with Crippen LogP contribution in [0.2, 0.25) is 0 Å². The SMILES string of the molecule is Cc1cccc(CN)c1OCCCS(C)(=O)=O. The van der Waals surface area contributed by atoms with E-state index in [0.717, 1.165) is 16.9 Å². The van der Waals surface area contributed by atoms with E-state index in [2.05, 4.69) is 0 Å². The minimum atomic E-state index is -2.91. The van der Waals surface area contributed by atoms with Crippen LogP contribution in [0.5, 0.6) is 5.75 Å². The highest BCUT2D eigenvalue weighted by Gasteiger charge is 2.06. The summed E-state index contributed by atoms with van der Waals surface area (Å²) < 4.78 is 27.5. The summed E-state index contributed by atoms with van der Waals surface area (Å²) in [5.74, 6) is 0.931. The summed E-state index contributed by atoms with van der Waals surface area (Å²) in [6, 6.07) is 5.80. The smallest absolute Gasteiger partial charge is 0.147 e. The Morgan fingerprint density at radius 2 is 2.06 bits per heavy atom. The van der Waals surface area contributed by atoms with Gasteiger partial charge in [-0.2, -0.15) is 0 Å². The first-order valence-electron chi connectivity index (χ1n) is 5.53. The third-order valence-electron chi connectivity index (χ3n) is 2.42. The summed E-state index contributed by atoms with van der Waals surface area (Å²) in [6.45, 7) is 2.76. The number of hydrogen-bond acceptors (Lipinski definition) is 4. The summed E-state index contributed by atoms with van der Waals surface area (Å²) in [5.41, 5.74) is 7.59. The molecule has 0 saturated carbocycles. The molecule has 0 bridgehead atoms. The molecule has 1 aromatic rings. The highest BCUT2D eigenvalue weighted by Crippen LogP contribution is 2.22. The first-order chi connectivity index (χ1) is 7.94. The number of ether oxygens (including phenoxy) is 1. The van der Waals surface area contributed by atoms with Gasteiger partial charge in [-0.25, -0.2) is 8.42 Å². The van der Waals surface area contributed by atoms with Crippen molar-refractivity contribution in [3.63, 3.8) is 0 Å².